The highest BCUT2D eigenvalue weighted by molar-refractivity contribution is 5.81. The normalized spacial score (nSPS) is 10.8. The number of carbonyl (C=O) groups is 2. The molecular formula is C7H12N4O2. The molecule has 0 heterocycles. The number of urea groups is 1. The fourth-order valence-electron chi connectivity index (χ4n) is 0.564. The maximum absolute atomic E-state index is 10.9. The molecule has 3 N–H and O–H groups in total. The topological polar surface area (TPSA) is 94.0 Å². The SMILES string of the molecule is CNC(=O)NNC(=O)CC(C)C#N. The minimum absolute atomic E-state index is 0.0699. The number of nitrogens with one attached hydrogen (secondary N) is 3. The highest BCUT2D eigenvalue weighted by atomic mass is 16.2. The standard InChI is InChI=1S/C7H12N4O2/c1-5(4-8)3-6(12)10-11-7(13)9-2/h5H,3H2,1-2H3,(H,10,12)(H2,9,11,13). The van der Waals surface area contributed by atoms with Gasteiger partial charge in [0.2, 0.25) is 5.91 Å². The Labute approximate surface area is 76.3 Å². The summed E-state index contributed by atoms with van der Waals surface area (Å²) in [5, 5.41) is 10.6. The fourth-order valence-corrected chi connectivity index (χ4v) is 0.564. The molecule has 0 rings (SSSR count). The number of hydrogen-bond acceptors (Lipinski definition) is 3. The van der Waals surface area contributed by atoms with Gasteiger partial charge in [0.25, 0.3) is 0 Å². The van der Waals surface area contributed by atoms with Crippen molar-refractivity contribution in [2.24, 2.45) is 5.92 Å². The van der Waals surface area contributed by atoms with Crippen LogP contribution < -0.4 is 16.2 Å². The molecular weight excluding hydrogens is 172 g/mol. The van der Waals surface area contributed by atoms with Gasteiger partial charge in [-0.25, -0.2) is 10.2 Å². The number of hydrazine groups is 1. The predicted molar refractivity (Wildman–Crippen MR) is 45.1 cm³/mol. The van der Waals surface area contributed by atoms with Crippen LogP contribution in [0.25, 0.3) is 0 Å². The summed E-state index contributed by atoms with van der Waals surface area (Å²) in [5.41, 5.74) is 4.25. The minimum Gasteiger partial charge on any atom is -0.340 e. The summed E-state index contributed by atoms with van der Waals surface area (Å²) in [5.74, 6) is -0.746. The van der Waals surface area contributed by atoms with E-state index in [9.17, 15) is 9.59 Å². The summed E-state index contributed by atoms with van der Waals surface area (Å²) in [6.45, 7) is 1.62. The Morgan fingerprint density at radius 1 is 1.46 bits per heavy atom. The van der Waals surface area contributed by atoms with Crippen LogP contribution >= 0.6 is 0 Å². The summed E-state index contributed by atoms with van der Waals surface area (Å²) < 4.78 is 0. The van der Waals surface area contributed by atoms with E-state index in [1.807, 2.05) is 6.07 Å². The van der Waals surface area contributed by atoms with Gasteiger partial charge < -0.3 is 5.32 Å². The zero-order valence-electron chi connectivity index (χ0n) is 7.55. The monoisotopic (exact) mass is 184 g/mol. The highest BCUT2D eigenvalue weighted by Gasteiger charge is 2.07. The molecule has 0 aliphatic carbocycles. The third-order valence-electron chi connectivity index (χ3n) is 1.25. The average Bonchev–Trinajstić information content (AvgIpc) is 2.13. The van der Waals surface area contributed by atoms with Gasteiger partial charge in [0.05, 0.1) is 12.0 Å². The summed E-state index contributed by atoms with van der Waals surface area (Å²) in [6, 6.07) is 1.41. The van der Waals surface area contributed by atoms with E-state index in [1.165, 1.54) is 7.05 Å². The summed E-state index contributed by atoms with van der Waals surface area (Å²) >= 11 is 0. The van der Waals surface area contributed by atoms with E-state index in [0.29, 0.717) is 0 Å². The van der Waals surface area contributed by atoms with E-state index in [-0.39, 0.29) is 12.3 Å². The van der Waals surface area contributed by atoms with Gasteiger partial charge in [-0.3, -0.25) is 10.2 Å². The van der Waals surface area contributed by atoms with Crippen LogP contribution in [0, 0.1) is 17.2 Å². The lowest BCUT2D eigenvalue weighted by molar-refractivity contribution is -0.122. The lowest BCUT2D eigenvalue weighted by Crippen LogP contribution is -2.46. The minimum atomic E-state index is -0.502. The first-order valence-corrected chi connectivity index (χ1v) is 3.76. The quantitative estimate of drug-likeness (QED) is 0.505. The molecule has 1 atom stereocenters. The van der Waals surface area contributed by atoms with Gasteiger partial charge in [-0.05, 0) is 6.92 Å². The molecule has 6 heteroatoms. The molecule has 0 aliphatic heterocycles. The number of nitriles is 1. The molecule has 0 aromatic carbocycles. The van der Waals surface area contributed by atoms with Crippen LogP contribution in [0.1, 0.15) is 13.3 Å². The molecule has 0 bridgehead atoms. The first-order valence-electron chi connectivity index (χ1n) is 3.76. The van der Waals surface area contributed by atoms with Crippen LogP contribution in [-0.4, -0.2) is 19.0 Å². The summed E-state index contributed by atoms with van der Waals surface area (Å²) in [7, 11) is 1.43. The molecule has 13 heavy (non-hydrogen) atoms. The molecule has 0 aromatic rings. The van der Waals surface area contributed by atoms with Gasteiger partial charge in [-0.15, -0.1) is 0 Å². The van der Waals surface area contributed by atoms with Crippen molar-refractivity contribution in [3.8, 4) is 6.07 Å². The molecule has 0 saturated heterocycles. The van der Waals surface area contributed by atoms with Gasteiger partial charge in [0, 0.05) is 13.5 Å². The molecule has 1 unspecified atom stereocenters. The van der Waals surface area contributed by atoms with Gasteiger partial charge in [-0.1, -0.05) is 0 Å². The lowest BCUT2D eigenvalue weighted by atomic mass is 10.1. The third kappa shape index (κ3) is 5.49. The first kappa shape index (κ1) is 11.2. The second kappa shape index (κ2) is 5.83. The molecule has 0 radical (unpaired) electrons. The van der Waals surface area contributed by atoms with Crippen molar-refractivity contribution in [3.63, 3.8) is 0 Å². The Morgan fingerprint density at radius 2 is 2.08 bits per heavy atom. The molecule has 3 amide bonds. The van der Waals surface area contributed by atoms with Crippen LogP contribution in [0.4, 0.5) is 4.79 Å². The summed E-state index contributed by atoms with van der Waals surface area (Å²) in [4.78, 5) is 21.5. The van der Waals surface area contributed by atoms with Crippen molar-refractivity contribution in [3.05, 3.63) is 0 Å². The van der Waals surface area contributed by atoms with Crippen molar-refractivity contribution in [2.45, 2.75) is 13.3 Å². The van der Waals surface area contributed by atoms with Crippen molar-refractivity contribution in [2.75, 3.05) is 7.05 Å². The van der Waals surface area contributed by atoms with Crippen molar-refractivity contribution >= 4 is 11.9 Å². The number of nitrogens with zero attached hydrogens (tertiary/aromatic N) is 1. The van der Waals surface area contributed by atoms with Crippen LogP contribution in [0.2, 0.25) is 0 Å². The zero-order valence-corrected chi connectivity index (χ0v) is 7.55. The Kier molecular flexibility index (Phi) is 5.03. The number of hydrogen-bond donors (Lipinski definition) is 3. The summed E-state index contributed by atoms with van der Waals surface area (Å²) in [6.07, 6.45) is 0.0699. The van der Waals surface area contributed by atoms with E-state index in [2.05, 4.69) is 16.2 Å². The van der Waals surface area contributed by atoms with Gasteiger partial charge >= 0.3 is 6.03 Å². The Balaban J connectivity index is 3.65. The molecule has 0 aromatic heterocycles. The maximum Gasteiger partial charge on any atom is 0.333 e. The van der Waals surface area contributed by atoms with Gasteiger partial charge in [-0.2, -0.15) is 5.26 Å². The van der Waals surface area contributed by atoms with E-state index in [0.717, 1.165) is 0 Å². The van der Waals surface area contributed by atoms with Gasteiger partial charge in [0.15, 0.2) is 0 Å². The van der Waals surface area contributed by atoms with Crippen LogP contribution in [0.3, 0.4) is 0 Å². The number of rotatable bonds is 2. The van der Waals surface area contributed by atoms with Crippen LogP contribution in [0.15, 0.2) is 0 Å². The van der Waals surface area contributed by atoms with Crippen LogP contribution in [-0.2, 0) is 4.79 Å². The van der Waals surface area contributed by atoms with E-state index in [1.54, 1.807) is 6.92 Å². The fraction of sp³-hybridized carbons (Fsp3) is 0.571. The Morgan fingerprint density at radius 3 is 2.54 bits per heavy atom. The zero-order chi connectivity index (χ0) is 10.3. The molecule has 0 aliphatic rings. The number of carbonyl (C=O) groups excluding carboxylic acids is 2. The molecule has 72 valence electrons. The second-order valence-electron chi connectivity index (χ2n) is 2.49. The van der Waals surface area contributed by atoms with Crippen molar-refractivity contribution < 1.29 is 9.59 Å². The van der Waals surface area contributed by atoms with Crippen molar-refractivity contribution in [1.29, 1.82) is 5.26 Å². The molecule has 0 spiro atoms. The Hall–Kier alpha value is -1.77. The smallest absolute Gasteiger partial charge is 0.333 e. The first-order chi connectivity index (χ1) is 6.10. The molecule has 0 saturated carbocycles. The number of amides is 3. The van der Waals surface area contributed by atoms with Gasteiger partial charge in [0.1, 0.15) is 0 Å². The van der Waals surface area contributed by atoms with Crippen molar-refractivity contribution in [1.82, 2.24) is 16.2 Å². The van der Waals surface area contributed by atoms with E-state index >= 15 is 0 Å². The van der Waals surface area contributed by atoms with E-state index in [4.69, 9.17) is 5.26 Å². The van der Waals surface area contributed by atoms with E-state index < -0.39 is 11.9 Å². The lowest BCUT2D eigenvalue weighted by Gasteiger charge is -2.06. The largest absolute Gasteiger partial charge is 0.340 e. The average molecular weight is 184 g/mol. The predicted octanol–water partition coefficient (Wildman–Crippen LogP) is -0.504. The third-order valence-corrected chi connectivity index (χ3v) is 1.25. The molecule has 6 nitrogen and oxygen atoms in total. The Bertz CT molecular complexity index is 233. The highest BCUT2D eigenvalue weighted by Crippen LogP contribution is 1.97. The maximum atomic E-state index is 10.9. The second-order valence-corrected chi connectivity index (χ2v) is 2.49. The van der Waals surface area contributed by atoms with Crippen LogP contribution in [0.5, 0.6) is 0 Å². The molecule has 0 fully saturated rings.